The molecule has 0 aliphatic carbocycles. The molecule has 11 heteroatoms. The molecule has 1 N–H and O–H groups in total. The van der Waals surface area contributed by atoms with Gasteiger partial charge in [0.25, 0.3) is 5.91 Å². The number of morpholine rings is 1. The van der Waals surface area contributed by atoms with Crippen LogP contribution >= 0.6 is 11.6 Å². The summed E-state index contributed by atoms with van der Waals surface area (Å²) in [5.41, 5.74) is 0.218. The largest absolute Gasteiger partial charge is 0.452 e. The predicted molar refractivity (Wildman–Crippen MR) is 110 cm³/mol. The number of rotatable bonds is 7. The van der Waals surface area contributed by atoms with Gasteiger partial charge in [-0.15, -0.1) is 0 Å². The van der Waals surface area contributed by atoms with E-state index < -0.39 is 39.9 Å². The van der Waals surface area contributed by atoms with E-state index in [4.69, 9.17) is 21.1 Å². The van der Waals surface area contributed by atoms with Crippen LogP contribution in [-0.2, 0) is 30.8 Å². The van der Waals surface area contributed by atoms with E-state index in [1.54, 1.807) is 24.3 Å². The summed E-state index contributed by atoms with van der Waals surface area (Å²) in [6.45, 7) is 0.364. The summed E-state index contributed by atoms with van der Waals surface area (Å²) in [6.07, 6.45) is 0. The molecule has 3 rings (SSSR count). The number of benzene rings is 2. The predicted octanol–water partition coefficient (Wildman–Crippen LogP) is 1.97. The fourth-order valence-corrected chi connectivity index (χ4v) is 4.38. The Morgan fingerprint density at radius 2 is 1.81 bits per heavy atom. The number of carbonyl (C=O) groups excluding carboxylic acids is 2. The molecule has 1 amide bonds. The van der Waals surface area contributed by atoms with Crippen molar-refractivity contribution in [3.05, 3.63) is 64.4 Å². The molecule has 1 aliphatic heterocycles. The van der Waals surface area contributed by atoms with Crippen molar-refractivity contribution in [2.75, 3.05) is 32.9 Å². The number of amides is 1. The molecule has 166 valence electrons. The van der Waals surface area contributed by atoms with E-state index >= 15 is 0 Å². The first kappa shape index (κ1) is 23.1. The first-order valence-corrected chi connectivity index (χ1v) is 11.1. The van der Waals surface area contributed by atoms with Crippen LogP contribution in [0.2, 0.25) is 5.02 Å². The minimum atomic E-state index is -3.92. The highest BCUT2D eigenvalue weighted by Gasteiger charge is 2.28. The van der Waals surface area contributed by atoms with Crippen LogP contribution in [0.15, 0.2) is 47.4 Å². The molecule has 1 aliphatic rings. The van der Waals surface area contributed by atoms with Crippen LogP contribution in [0.25, 0.3) is 0 Å². The van der Waals surface area contributed by atoms with Crippen molar-refractivity contribution in [3.63, 3.8) is 0 Å². The number of hydrogen-bond donors (Lipinski definition) is 1. The lowest BCUT2D eigenvalue weighted by atomic mass is 10.2. The van der Waals surface area contributed by atoms with Crippen molar-refractivity contribution >= 4 is 33.5 Å². The first-order chi connectivity index (χ1) is 14.8. The molecule has 1 heterocycles. The van der Waals surface area contributed by atoms with Gasteiger partial charge in [0.15, 0.2) is 6.61 Å². The molecular weight excluding hydrogens is 451 g/mol. The molecule has 0 radical (unpaired) electrons. The van der Waals surface area contributed by atoms with Crippen LogP contribution in [0, 0.1) is 5.82 Å². The van der Waals surface area contributed by atoms with Gasteiger partial charge in [-0.2, -0.15) is 4.31 Å². The van der Waals surface area contributed by atoms with Crippen molar-refractivity contribution in [2.24, 2.45) is 0 Å². The number of halogens is 2. The Morgan fingerprint density at radius 1 is 1.13 bits per heavy atom. The normalized spacial score (nSPS) is 14.8. The van der Waals surface area contributed by atoms with E-state index in [1.807, 2.05) is 0 Å². The smallest absolute Gasteiger partial charge is 0.341 e. The van der Waals surface area contributed by atoms with Crippen LogP contribution < -0.4 is 5.32 Å². The highest BCUT2D eigenvalue weighted by molar-refractivity contribution is 7.89. The minimum absolute atomic E-state index is 0.160. The summed E-state index contributed by atoms with van der Waals surface area (Å²) in [5, 5.41) is 3.11. The van der Waals surface area contributed by atoms with Gasteiger partial charge in [-0.05, 0) is 35.9 Å². The summed E-state index contributed by atoms with van der Waals surface area (Å²) < 4.78 is 50.7. The number of hydrogen-bond acceptors (Lipinski definition) is 6. The van der Waals surface area contributed by atoms with Crippen molar-refractivity contribution in [1.82, 2.24) is 9.62 Å². The average Bonchev–Trinajstić information content (AvgIpc) is 2.78. The van der Waals surface area contributed by atoms with Gasteiger partial charge in [-0.1, -0.05) is 23.7 Å². The summed E-state index contributed by atoms with van der Waals surface area (Å²) in [4.78, 5) is 23.9. The number of sulfonamides is 1. The second-order valence-corrected chi connectivity index (χ2v) is 9.01. The number of carbonyl (C=O) groups is 2. The second kappa shape index (κ2) is 10.2. The molecule has 0 unspecified atom stereocenters. The standard InChI is InChI=1S/C20H20ClFN2O6S/c21-15-3-1-14(2-4-15)12-23-19(25)13-30-20(26)17-11-16(5-6-18(17)22)31(27,28)24-7-9-29-10-8-24/h1-6,11H,7-10,12-13H2,(H,23,25). The highest BCUT2D eigenvalue weighted by Crippen LogP contribution is 2.21. The van der Waals surface area contributed by atoms with E-state index in [0.29, 0.717) is 5.02 Å². The number of esters is 1. The molecule has 0 bridgehead atoms. The highest BCUT2D eigenvalue weighted by atomic mass is 35.5. The van der Waals surface area contributed by atoms with Gasteiger partial charge in [-0.25, -0.2) is 17.6 Å². The molecule has 2 aromatic rings. The summed E-state index contributed by atoms with van der Waals surface area (Å²) in [5.74, 6) is -2.69. The van der Waals surface area contributed by atoms with Gasteiger partial charge in [0.2, 0.25) is 10.0 Å². The maximum atomic E-state index is 14.1. The van der Waals surface area contributed by atoms with Crippen LogP contribution in [0.3, 0.4) is 0 Å². The van der Waals surface area contributed by atoms with Crippen molar-refractivity contribution in [2.45, 2.75) is 11.4 Å². The average molecular weight is 471 g/mol. The first-order valence-electron chi connectivity index (χ1n) is 9.33. The van der Waals surface area contributed by atoms with Crippen molar-refractivity contribution in [3.8, 4) is 0 Å². The zero-order valence-electron chi connectivity index (χ0n) is 16.3. The third-order valence-corrected chi connectivity index (χ3v) is 6.65. The molecule has 8 nitrogen and oxygen atoms in total. The lowest BCUT2D eigenvalue weighted by Crippen LogP contribution is -2.40. The van der Waals surface area contributed by atoms with E-state index in [2.05, 4.69) is 5.32 Å². The molecule has 1 saturated heterocycles. The van der Waals surface area contributed by atoms with Gasteiger partial charge >= 0.3 is 5.97 Å². The Hall–Kier alpha value is -2.53. The molecule has 0 spiro atoms. The molecule has 31 heavy (non-hydrogen) atoms. The molecule has 0 aromatic heterocycles. The molecule has 0 saturated carbocycles. The Balaban J connectivity index is 1.61. The summed E-state index contributed by atoms with van der Waals surface area (Å²) in [6, 6.07) is 9.66. The lowest BCUT2D eigenvalue weighted by molar-refractivity contribution is -0.124. The zero-order chi connectivity index (χ0) is 22.4. The van der Waals surface area contributed by atoms with Gasteiger partial charge in [0.05, 0.1) is 23.7 Å². The van der Waals surface area contributed by atoms with Crippen LogP contribution in [0.4, 0.5) is 4.39 Å². The summed E-state index contributed by atoms with van der Waals surface area (Å²) in [7, 11) is -3.92. The van der Waals surface area contributed by atoms with Gasteiger partial charge < -0.3 is 14.8 Å². The Bertz CT molecular complexity index is 1060. The van der Waals surface area contributed by atoms with Gasteiger partial charge in [-0.3, -0.25) is 4.79 Å². The number of ether oxygens (including phenoxy) is 2. The van der Waals surface area contributed by atoms with E-state index in [0.717, 1.165) is 23.8 Å². The Kier molecular flexibility index (Phi) is 7.60. The van der Waals surface area contributed by atoms with E-state index in [1.165, 1.54) is 4.31 Å². The lowest BCUT2D eigenvalue weighted by Gasteiger charge is -2.26. The van der Waals surface area contributed by atoms with Crippen LogP contribution in [-0.4, -0.2) is 57.5 Å². The Labute approximate surface area is 183 Å². The molecular formula is C20H20ClFN2O6S. The van der Waals surface area contributed by atoms with E-state index in [-0.39, 0.29) is 37.7 Å². The fourth-order valence-electron chi connectivity index (χ4n) is 2.82. The SMILES string of the molecule is O=C(COC(=O)c1cc(S(=O)(=O)N2CCOCC2)ccc1F)NCc1ccc(Cl)cc1. The molecule has 2 aromatic carbocycles. The topological polar surface area (TPSA) is 102 Å². The molecule has 1 fully saturated rings. The third kappa shape index (κ3) is 6.01. The quantitative estimate of drug-likeness (QED) is 0.621. The van der Waals surface area contributed by atoms with Crippen molar-refractivity contribution in [1.29, 1.82) is 0 Å². The van der Waals surface area contributed by atoms with Crippen LogP contribution in [0.1, 0.15) is 15.9 Å². The maximum absolute atomic E-state index is 14.1. The fraction of sp³-hybridized carbons (Fsp3) is 0.300. The Morgan fingerprint density at radius 3 is 2.48 bits per heavy atom. The molecule has 0 atom stereocenters. The minimum Gasteiger partial charge on any atom is -0.452 e. The zero-order valence-corrected chi connectivity index (χ0v) is 17.9. The maximum Gasteiger partial charge on any atom is 0.341 e. The number of nitrogens with zero attached hydrogens (tertiary/aromatic N) is 1. The second-order valence-electron chi connectivity index (χ2n) is 6.64. The number of nitrogens with one attached hydrogen (secondary N) is 1. The van der Waals surface area contributed by atoms with E-state index in [9.17, 15) is 22.4 Å². The third-order valence-electron chi connectivity index (χ3n) is 4.50. The monoisotopic (exact) mass is 470 g/mol. The van der Waals surface area contributed by atoms with Crippen molar-refractivity contribution < 1.29 is 31.9 Å². The van der Waals surface area contributed by atoms with Gasteiger partial charge in [0, 0.05) is 24.7 Å². The van der Waals surface area contributed by atoms with Gasteiger partial charge in [0.1, 0.15) is 5.82 Å². The van der Waals surface area contributed by atoms with Crippen LogP contribution in [0.5, 0.6) is 0 Å². The summed E-state index contributed by atoms with van der Waals surface area (Å²) >= 11 is 5.79.